The van der Waals surface area contributed by atoms with Crippen molar-refractivity contribution in [3.63, 3.8) is 0 Å². The van der Waals surface area contributed by atoms with Crippen LogP contribution in [-0.4, -0.2) is 6.10 Å². The molecule has 1 unspecified atom stereocenters. The highest BCUT2D eigenvalue weighted by Crippen LogP contribution is 2.29. The van der Waals surface area contributed by atoms with E-state index in [1.807, 2.05) is 45.0 Å². The average Bonchev–Trinajstić information content (AvgIpc) is 2.43. The number of halogens is 2. The van der Waals surface area contributed by atoms with Gasteiger partial charge in [0, 0.05) is 6.04 Å². The fraction of sp³-hybridized carbons (Fsp3) is 0.294. The van der Waals surface area contributed by atoms with E-state index in [0.29, 0.717) is 10.7 Å². The molecule has 0 aromatic heterocycles. The molecule has 2 aromatic rings. The van der Waals surface area contributed by atoms with E-state index in [1.165, 1.54) is 6.07 Å². The van der Waals surface area contributed by atoms with Crippen molar-refractivity contribution in [1.29, 1.82) is 0 Å². The smallest absolute Gasteiger partial charge is 0.147 e. The van der Waals surface area contributed by atoms with Crippen LogP contribution in [0.3, 0.4) is 0 Å². The summed E-state index contributed by atoms with van der Waals surface area (Å²) in [7, 11) is 0. The van der Waals surface area contributed by atoms with Crippen molar-refractivity contribution in [2.75, 3.05) is 5.32 Å². The zero-order chi connectivity index (χ0) is 15.4. The van der Waals surface area contributed by atoms with E-state index in [2.05, 4.69) is 5.32 Å². The predicted octanol–water partition coefficient (Wildman–Crippen LogP) is 5.44. The summed E-state index contributed by atoms with van der Waals surface area (Å²) in [5.41, 5.74) is 1.36. The average molecular weight is 308 g/mol. The second-order valence-corrected chi connectivity index (χ2v) is 5.61. The summed E-state index contributed by atoms with van der Waals surface area (Å²) in [6.45, 7) is 5.93. The van der Waals surface area contributed by atoms with Crippen LogP contribution < -0.4 is 10.1 Å². The monoisotopic (exact) mass is 307 g/mol. The van der Waals surface area contributed by atoms with Gasteiger partial charge in [0.25, 0.3) is 0 Å². The number of nitrogens with one attached hydrogen (secondary N) is 1. The molecule has 0 heterocycles. The molecule has 0 amide bonds. The van der Waals surface area contributed by atoms with Crippen molar-refractivity contribution in [1.82, 2.24) is 0 Å². The molecule has 0 radical (unpaired) electrons. The molecule has 1 atom stereocenters. The van der Waals surface area contributed by atoms with Crippen LogP contribution >= 0.6 is 11.6 Å². The van der Waals surface area contributed by atoms with Crippen LogP contribution in [0.5, 0.6) is 5.75 Å². The second kappa shape index (κ2) is 6.81. The third-order valence-corrected chi connectivity index (χ3v) is 3.39. The maximum absolute atomic E-state index is 13.8. The zero-order valence-corrected chi connectivity index (χ0v) is 13.1. The van der Waals surface area contributed by atoms with Crippen LogP contribution in [0.15, 0.2) is 42.5 Å². The van der Waals surface area contributed by atoms with Crippen LogP contribution in [0, 0.1) is 5.82 Å². The standard InChI is InChI=1S/C17H19ClFNO/c1-11(2)21-14-9-7-13(8-10-14)12(3)20-17-15(18)5-4-6-16(17)19/h4-12,20H,1-3H3. The van der Waals surface area contributed by atoms with Gasteiger partial charge in [0.2, 0.25) is 0 Å². The zero-order valence-electron chi connectivity index (χ0n) is 12.4. The van der Waals surface area contributed by atoms with E-state index in [-0.39, 0.29) is 18.0 Å². The first-order valence-corrected chi connectivity index (χ1v) is 7.32. The molecule has 0 bridgehead atoms. The molecular weight excluding hydrogens is 289 g/mol. The summed E-state index contributed by atoms with van der Waals surface area (Å²) in [5, 5.41) is 3.48. The fourth-order valence-electron chi connectivity index (χ4n) is 2.04. The molecule has 0 aliphatic rings. The maximum atomic E-state index is 13.8. The van der Waals surface area contributed by atoms with Gasteiger partial charge in [-0.1, -0.05) is 29.8 Å². The number of para-hydroxylation sites is 1. The van der Waals surface area contributed by atoms with Gasteiger partial charge in [0.1, 0.15) is 11.6 Å². The van der Waals surface area contributed by atoms with Gasteiger partial charge in [-0.3, -0.25) is 0 Å². The maximum Gasteiger partial charge on any atom is 0.147 e. The summed E-state index contributed by atoms with van der Waals surface area (Å²) in [4.78, 5) is 0. The Morgan fingerprint density at radius 1 is 1.05 bits per heavy atom. The molecule has 0 fully saturated rings. The van der Waals surface area contributed by atoms with Crippen LogP contribution in [0.1, 0.15) is 32.4 Å². The molecular formula is C17H19ClFNO. The second-order valence-electron chi connectivity index (χ2n) is 5.20. The van der Waals surface area contributed by atoms with Crippen molar-refractivity contribution < 1.29 is 9.13 Å². The Morgan fingerprint density at radius 2 is 1.71 bits per heavy atom. The number of hydrogen-bond donors (Lipinski definition) is 1. The first kappa shape index (κ1) is 15.6. The lowest BCUT2D eigenvalue weighted by Gasteiger charge is -2.18. The number of rotatable bonds is 5. The van der Waals surface area contributed by atoms with E-state index in [4.69, 9.17) is 16.3 Å². The Balaban J connectivity index is 2.11. The van der Waals surface area contributed by atoms with Gasteiger partial charge in [-0.15, -0.1) is 0 Å². The Hall–Kier alpha value is -1.74. The SMILES string of the molecule is CC(C)Oc1ccc(C(C)Nc2c(F)cccc2Cl)cc1. The number of hydrogen-bond acceptors (Lipinski definition) is 2. The van der Waals surface area contributed by atoms with Crippen molar-refractivity contribution in [2.45, 2.75) is 32.9 Å². The summed E-state index contributed by atoms with van der Waals surface area (Å²) in [5.74, 6) is 0.471. The molecule has 4 heteroatoms. The topological polar surface area (TPSA) is 21.3 Å². The highest BCUT2D eigenvalue weighted by Gasteiger charge is 2.11. The lowest BCUT2D eigenvalue weighted by Crippen LogP contribution is -2.09. The van der Waals surface area contributed by atoms with Crippen LogP contribution in [0.4, 0.5) is 10.1 Å². The van der Waals surface area contributed by atoms with Gasteiger partial charge in [-0.2, -0.15) is 0 Å². The molecule has 1 N–H and O–H groups in total. The molecule has 0 aliphatic carbocycles. The van der Waals surface area contributed by atoms with Crippen molar-refractivity contribution in [3.8, 4) is 5.75 Å². The van der Waals surface area contributed by atoms with E-state index in [1.54, 1.807) is 12.1 Å². The van der Waals surface area contributed by atoms with Gasteiger partial charge in [-0.25, -0.2) is 4.39 Å². The third kappa shape index (κ3) is 4.11. The quantitative estimate of drug-likeness (QED) is 0.794. The predicted molar refractivity (Wildman–Crippen MR) is 85.7 cm³/mol. The van der Waals surface area contributed by atoms with E-state index < -0.39 is 0 Å². The van der Waals surface area contributed by atoms with Crippen LogP contribution in [0.25, 0.3) is 0 Å². The fourth-order valence-corrected chi connectivity index (χ4v) is 2.26. The summed E-state index contributed by atoms with van der Waals surface area (Å²) >= 11 is 6.02. The van der Waals surface area contributed by atoms with Crippen molar-refractivity contribution >= 4 is 17.3 Å². The molecule has 0 saturated heterocycles. The Morgan fingerprint density at radius 3 is 2.29 bits per heavy atom. The van der Waals surface area contributed by atoms with E-state index >= 15 is 0 Å². The molecule has 2 nitrogen and oxygen atoms in total. The minimum Gasteiger partial charge on any atom is -0.491 e. The van der Waals surface area contributed by atoms with Gasteiger partial charge in [0.15, 0.2) is 0 Å². The van der Waals surface area contributed by atoms with Crippen molar-refractivity contribution in [2.24, 2.45) is 0 Å². The number of ether oxygens (including phenoxy) is 1. The molecule has 0 aliphatic heterocycles. The van der Waals surface area contributed by atoms with E-state index in [0.717, 1.165) is 11.3 Å². The molecule has 2 rings (SSSR count). The Labute approximate surface area is 129 Å². The van der Waals surface area contributed by atoms with Gasteiger partial charge in [0.05, 0.1) is 16.8 Å². The Kier molecular flexibility index (Phi) is 5.07. The van der Waals surface area contributed by atoms with Gasteiger partial charge < -0.3 is 10.1 Å². The summed E-state index contributed by atoms with van der Waals surface area (Å²) < 4.78 is 19.4. The first-order chi connectivity index (χ1) is 9.97. The summed E-state index contributed by atoms with van der Waals surface area (Å²) in [6.07, 6.45) is 0.142. The summed E-state index contributed by atoms with van der Waals surface area (Å²) in [6, 6.07) is 12.3. The molecule has 0 saturated carbocycles. The highest BCUT2D eigenvalue weighted by molar-refractivity contribution is 6.33. The minimum absolute atomic E-state index is 0.0625. The minimum atomic E-state index is -0.353. The third-order valence-electron chi connectivity index (χ3n) is 3.08. The van der Waals surface area contributed by atoms with Gasteiger partial charge in [-0.05, 0) is 50.6 Å². The molecule has 2 aromatic carbocycles. The number of anilines is 1. The van der Waals surface area contributed by atoms with Crippen molar-refractivity contribution in [3.05, 3.63) is 58.9 Å². The first-order valence-electron chi connectivity index (χ1n) is 6.94. The lowest BCUT2D eigenvalue weighted by molar-refractivity contribution is 0.242. The number of benzene rings is 2. The lowest BCUT2D eigenvalue weighted by atomic mass is 10.1. The van der Waals surface area contributed by atoms with Gasteiger partial charge >= 0.3 is 0 Å². The Bertz CT molecular complexity index is 578. The van der Waals surface area contributed by atoms with E-state index in [9.17, 15) is 4.39 Å². The normalized spacial score (nSPS) is 12.3. The van der Waals surface area contributed by atoms with Crippen LogP contribution in [0.2, 0.25) is 5.02 Å². The molecule has 0 spiro atoms. The van der Waals surface area contributed by atoms with Crippen LogP contribution in [-0.2, 0) is 0 Å². The molecule has 21 heavy (non-hydrogen) atoms. The highest BCUT2D eigenvalue weighted by atomic mass is 35.5. The molecule has 112 valence electrons. The largest absolute Gasteiger partial charge is 0.491 e.